The molecule has 0 aliphatic heterocycles. The quantitative estimate of drug-likeness (QED) is 0.772. The van der Waals surface area contributed by atoms with E-state index < -0.39 is 6.04 Å². The van der Waals surface area contributed by atoms with Crippen LogP contribution >= 0.6 is 0 Å². The number of benzene rings is 1. The zero-order valence-corrected chi connectivity index (χ0v) is 13.1. The molecule has 0 radical (unpaired) electrons. The van der Waals surface area contributed by atoms with Crippen LogP contribution in [-0.4, -0.2) is 24.4 Å². The Bertz CT molecular complexity index is 507. The molecule has 120 valence electrons. The molecule has 1 unspecified atom stereocenters. The van der Waals surface area contributed by atoms with E-state index in [4.69, 9.17) is 5.73 Å². The van der Waals surface area contributed by atoms with Gasteiger partial charge >= 0.3 is 0 Å². The fourth-order valence-corrected chi connectivity index (χ4v) is 2.73. The molecular weight excluding hydrogens is 278 g/mol. The van der Waals surface area contributed by atoms with Gasteiger partial charge in [0.25, 0.3) is 0 Å². The standard InChI is InChI=1S/C17H25N3O2/c1-12-7-9-13(10-8-12)16(18)17(22)19-11-15(21)20-14-5-3-2-4-6-14/h7-10,14,16H,2-6,11,18H2,1H3,(H,19,22)(H,20,21). The zero-order chi connectivity index (χ0) is 15.9. The monoisotopic (exact) mass is 303 g/mol. The highest BCUT2D eigenvalue weighted by molar-refractivity contribution is 5.88. The number of nitrogens with two attached hydrogens (primary N) is 1. The van der Waals surface area contributed by atoms with Gasteiger partial charge in [-0.05, 0) is 25.3 Å². The van der Waals surface area contributed by atoms with E-state index in [0.717, 1.165) is 36.8 Å². The summed E-state index contributed by atoms with van der Waals surface area (Å²) >= 11 is 0. The molecule has 1 aliphatic rings. The highest BCUT2D eigenvalue weighted by Crippen LogP contribution is 2.17. The Balaban J connectivity index is 1.76. The van der Waals surface area contributed by atoms with E-state index in [2.05, 4.69) is 10.6 Å². The topological polar surface area (TPSA) is 84.2 Å². The lowest BCUT2D eigenvalue weighted by atomic mass is 9.95. The number of nitrogens with one attached hydrogen (secondary N) is 2. The second kappa shape index (κ2) is 7.94. The molecule has 22 heavy (non-hydrogen) atoms. The van der Waals surface area contributed by atoms with Gasteiger partial charge in [0.1, 0.15) is 6.04 Å². The molecule has 1 aromatic rings. The first-order valence-electron chi connectivity index (χ1n) is 7.95. The highest BCUT2D eigenvalue weighted by atomic mass is 16.2. The third kappa shape index (κ3) is 4.84. The molecule has 0 aromatic heterocycles. The van der Waals surface area contributed by atoms with E-state index >= 15 is 0 Å². The van der Waals surface area contributed by atoms with Crippen LogP contribution in [0.15, 0.2) is 24.3 Å². The van der Waals surface area contributed by atoms with E-state index in [9.17, 15) is 9.59 Å². The lowest BCUT2D eigenvalue weighted by Gasteiger charge is -2.23. The van der Waals surface area contributed by atoms with Gasteiger partial charge in [-0.25, -0.2) is 0 Å². The first-order valence-corrected chi connectivity index (χ1v) is 7.95. The number of carbonyl (C=O) groups is 2. The van der Waals surface area contributed by atoms with Gasteiger partial charge in [-0.2, -0.15) is 0 Å². The van der Waals surface area contributed by atoms with Gasteiger partial charge in [-0.3, -0.25) is 9.59 Å². The summed E-state index contributed by atoms with van der Waals surface area (Å²) in [6.45, 7) is 1.96. The molecule has 1 aromatic carbocycles. The number of rotatable bonds is 5. The maximum Gasteiger partial charge on any atom is 0.241 e. The molecule has 0 heterocycles. The van der Waals surface area contributed by atoms with Crippen LogP contribution in [0, 0.1) is 6.92 Å². The molecular formula is C17H25N3O2. The van der Waals surface area contributed by atoms with E-state index in [1.54, 1.807) is 0 Å². The van der Waals surface area contributed by atoms with Gasteiger partial charge in [0, 0.05) is 6.04 Å². The number of hydrogen-bond acceptors (Lipinski definition) is 3. The Morgan fingerprint density at radius 2 is 1.82 bits per heavy atom. The van der Waals surface area contributed by atoms with Crippen LogP contribution in [0.25, 0.3) is 0 Å². The maximum absolute atomic E-state index is 12.0. The molecule has 5 nitrogen and oxygen atoms in total. The van der Waals surface area contributed by atoms with Gasteiger partial charge in [-0.1, -0.05) is 49.1 Å². The summed E-state index contributed by atoms with van der Waals surface area (Å²) in [5.41, 5.74) is 7.78. The van der Waals surface area contributed by atoms with Crippen molar-refractivity contribution in [3.05, 3.63) is 35.4 Å². The van der Waals surface area contributed by atoms with E-state index in [1.165, 1.54) is 6.42 Å². The van der Waals surface area contributed by atoms with Crippen molar-refractivity contribution in [3.63, 3.8) is 0 Å². The van der Waals surface area contributed by atoms with E-state index in [-0.39, 0.29) is 24.4 Å². The van der Waals surface area contributed by atoms with Gasteiger partial charge in [0.2, 0.25) is 11.8 Å². The van der Waals surface area contributed by atoms with Gasteiger partial charge in [0.05, 0.1) is 6.54 Å². The SMILES string of the molecule is Cc1ccc(C(N)C(=O)NCC(=O)NC2CCCCC2)cc1. The summed E-state index contributed by atoms with van der Waals surface area (Å²) in [7, 11) is 0. The third-order valence-corrected chi connectivity index (χ3v) is 4.11. The van der Waals surface area contributed by atoms with Crippen molar-refractivity contribution in [2.75, 3.05) is 6.54 Å². The zero-order valence-electron chi connectivity index (χ0n) is 13.1. The molecule has 1 saturated carbocycles. The predicted octanol–water partition coefficient (Wildman–Crippen LogP) is 1.56. The fourth-order valence-electron chi connectivity index (χ4n) is 2.73. The van der Waals surface area contributed by atoms with Gasteiger partial charge in [-0.15, -0.1) is 0 Å². The van der Waals surface area contributed by atoms with Gasteiger partial charge < -0.3 is 16.4 Å². The lowest BCUT2D eigenvalue weighted by Crippen LogP contribution is -2.44. The van der Waals surface area contributed by atoms with Crippen LogP contribution in [0.3, 0.4) is 0 Å². The summed E-state index contributed by atoms with van der Waals surface area (Å²) in [5, 5.41) is 5.57. The highest BCUT2D eigenvalue weighted by Gasteiger charge is 2.18. The second-order valence-electron chi connectivity index (χ2n) is 6.01. The van der Waals surface area contributed by atoms with Crippen LogP contribution < -0.4 is 16.4 Å². The van der Waals surface area contributed by atoms with Crippen molar-refractivity contribution in [1.29, 1.82) is 0 Å². The Hall–Kier alpha value is -1.88. The van der Waals surface area contributed by atoms with Crippen LogP contribution in [-0.2, 0) is 9.59 Å². The minimum atomic E-state index is -0.747. The van der Waals surface area contributed by atoms with Crippen molar-refractivity contribution in [2.24, 2.45) is 5.73 Å². The van der Waals surface area contributed by atoms with Crippen LogP contribution in [0.4, 0.5) is 0 Å². The molecule has 1 aliphatic carbocycles. The number of carbonyl (C=O) groups excluding carboxylic acids is 2. The molecule has 2 amide bonds. The first kappa shape index (κ1) is 16.5. The van der Waals surface area contributed by atoms with Crippen LogP contribution in [0.2, 0.25) is 0 Å². The van der Waals surface area contributed by atoms with Crippen LogP contribution in [0.5, 0.6) is 0 Å². The summed E-state index contributed by atoms with van der Waals surface area (Å²) in [5.74, 6) is -0.473. The molecule has 2 rings (SSSR count). The summed E-state index contributed by atoms with van der Waals surface area (Å²) < 4.78 is 0. The van der Waals surface area contributed by atoms with E-state index in [1.807, 2.05) is 31.2 Å². The molecule has 0 bridgehead atoms. The Morgan fingerprint density at radius 1 is 1.18 bits per heavy atom. The van der Waals surface area contributed by atoms with Crippen LogP contribution in [0.1, 0.15) is 49.3 Å². The lowest BCUT2D eigenvalue weighted by molar-refractivity contribution is -0.127. The molecule has 4 N–H and O–H groups in total. The second-order valence-corrected chi connectivity index (χ2v) is 6.01. The summed E-state index contributed by atoms with van der Waals surface area (Å²) in [4.78, 5) is 23.9. The van der Waals surface area contributed by atoms with Crippen molar-refractivity contribution in [1.82, 2.24) is 10.6 Å². The van der Waals surface area contributed by atoms with Crippen molar-refractivity contribution in [3.8, 4) is 0 Å². The Morgan fingerprint density at radius 3 is 2.45 bits per heavy atom. The molecule has 0 spiro atoms. The minimum absolute atomic E-state index is 0.0190. The minimum Gasteiger partial charge on any atom is -0.352 e. The van der Waals surface area contributed by atoms with Crippen molar-refractivity contribution >= 4 is 11.8 Å². The fraction of sp³-hybridized carbons (Fsp3) is 0.529. The average molecular weight is 303 g/mol. The number of amides is 2. The molecule has 5 heteroatoms. The average Bonchev–Trinajstić information content (AvgIpc) is 2.53. The number of hydrogen-bond donors (Lipinski definition) is 3. The Kier molecular flexibility index (Phi) is 5.95. The maximum atomic E-state index is 12.0. The predicted molar refractivity (Wildman–Crippen MR) is 86.1 cm³/mol. The normalized spacial score (nSPS) is 16.8. The number of aryl methyl sites for hydroxylation is 1. The smallest absolute Gasteiger partial charge is 0.241 e. The summed E-state index contributed by atoms with van der Waals surface area (Å²) in [6.07, 6.45) is 5.63. The van der Waals surface area contributed by atoms with E-state index in [0.29, 0.717) is 0 Å². The molecule has 0 saturated heterocycles. The summed E-state index contributed by atoms with van der Waals surface area (Å²) in [6, 6.07) is 7.01. The molecule has 1 fully saturated rings. The first-order chi connectivity index (χ1) is 10.6. The third-order valence-electron chi connectivity index (χ3n) is 4.11. The van der Waals surface area contributed by atoms with Crippen molar-refractivity contribution in [2.45, 2.75) is 51.1 Å². The molecule has 1 atom stereocenters. The Labute approximate surface area is 131 Å². The van der Waals surface area contributed by atoms with Gasteiger partial charge in [0.15, 0.2) is 0 Å². The largest absolute Gasteiger partial charge is 0.352 e. The van der Waals surface area contributed by atoms with Crippen molar-refractivity contribution < 1.29 is 9.59 Å².